The van der Waals surface area contributed by atoms with Gasteiger partial charge in [-0.3, -0.25) is 0 Å². The molecule has 1 rings (SSSR count). The van der Waals surface area contributed by atoms with Crippen molar-refractivity contribution in [3.8, 4) is 0 Å². The second kappa shape index (κ2) is 5.05. The van der Waals surface area contributed by atoms with Crippen LogP contribution in [0.5, 0.6) is 0 Å². The highest BCUT2D eigenvalue weighted by Crippen LogP contribution is 2.24. The summed E-state index contributed by atoms with van der Waals surface area (Å²) in [5, 5.41) is 0. The molecule has 0 atom stereocenters. The van der Waals surface area contributed by atoms with Crippen molar-refractivity contribution in [2.45, 2.75) is 40.0 Å². The first kappa shape index (κ1) is 13.8. The van der Waals surface area contributed by atoms with E-state index in [4.69, 9.17) is 5.73 Å². The number of nitrogen functional groups attached to an aromatic ring is 1. The van der Waals surface area contributed by atoms with E-state index < -0.39 is 17.0 Å². The molecule has 0 unspecified atom stereocenters. The number of nitrogens with zero attached hydrogens (tertiary/aromatic N) is 1. The van der Waals surface area contributed by atoms with Gasteiger partial charge in [0.2, 0.25) is 0 Å². The van der Waals surface area contributed by atoms with Gasteiger partial charge in [-0.25, -0.2) is 13.8 Å². The highest BCUT2D eigenvalue weighted by atomic mass is 19.1. The molecule has 0 radical (unpaired) electrons. The zero-order chi connectivity index (χ0) is 12.2. The van der Waals surface area contributed by atoms with Gasteiger partial charge in [0.25, 0.3) is 0 Å². The summed E-state index contributed by atoms with van der Waals surface area (Å²) < 4.78 is 25.9. The summed E-state index contributed by atoms with van der Waals surface area (Å²) in [5.74, 6) is -1.73. The molecular weight excluding hydrogens is 198 g/mol. The third-order valence-corrected chi connectivity index (χ3v) is 1.67. The summed E-state index contributed by atoms with van der Waals surface area (Å²) in [4.78, 5) is 3.67. The molecule has 15 heavy (non-hydrogen) atoms. The van der Waals surface area contributed by atoms with Gasteiger partial charge in [-0.2, -0.15) is 0 Å². The van der Waals surface area contributed by atoms with Crippen LogP contribution in [-0.4, -0.2) is 4.98 Å². The minimum absolute atomic E-state index is 0.186. The third-order valence-electron chi connectivity index (χ3n) is 1.67. The normalized spacial score (nSPS) is 10.6. The molecule has 0 spiro atoms. The number of pyridine rings is 1. The van der Waals surface area contributed by atoms with Crippen LogP contribution >= 0.6 is 0 Å². The SMILES string of the molecule is CC.CC(C)(C)c1nc(N)c(F)cc1F. The largest absolute Gasteiger partial charge is 0.381 e. The fraction of sp³-hybridized carbons (Fsp3) is 0.545. The van der Waals surface area contributed by atoms with Crippen LogP contribution in [0.1, 0.15) is 40.3 Å². The first-order valence-electron chi connectivity index (χ1n) is 4.94. The van der Waals surface area contributed by atoms with Gasteiger partial charge >= 0.3 is 0 Å². The molecule has 0 fully saturated rings. The van der Waals surface area contributed by atoms with Crippen LogP contribution in [0.4, 0.5) is 14.6 Å². The van der Waals surface area contributed by atoms with Gasteiger partial charge in [-0.1, -0.05) is 34.6 Å². The van der Waals surface area contributed by atoms with Crippen molar-refractivity contribution in [1.82, 2.24) is 4.98 Å². The number of rotatable bonds is 0. The van der Waals surface area contributed by atoms with Crippen LogP contribution < -0.4 is 5.73 Å². The van der Waals surface area contributed by atoms with Crippen molar-refractivity contribution >= 4 is 5.82 Å². The lowest BCUT2D eigenvalue weighted by molar-refractivity contribution is 0.491. The first-order valence-corrected chi connectivity index (χ1v) is 4.94. The molecule has 0 amide bonds. The maximum Gasteiger partial charge on any atom is 0.168 e. The molecule has 0 bridgehead atoms. The molecule has 0 saturated heterocycles. The van der Waals surface area contributed by atoms with Crippen LogP contribution in [0, 0.1) is 11.6 Å². The topological polar surface area (TPSA) is 38.9 Å². The van der Waals surface area contributed by atoms with Gasteiger partial charge in [0.05, 0.1) is 5.69 Å². The minimum atomic E-state index is -0.814. The lowest BCUT2D eigenvalue weighted by Gasteiger charge is -2.18. The molecule has 0 saturated carbocycles. The predicted molar refractivity (Wildman–Crippen MR) is 58.6 cm³/mol. The molecule has 1 aromatic rings. The van der Waals surface area contributed by atoms with Gasteiger partial charge in [-0.15, -0.1) is 0 Å². The number of hydrogen-bond donors (Lipinski definition) is 1. The van der Waals surface area contributed by atoms with E-state index in [2.05, 4.69) is 4.98 Å². The van der Waals surface area contributed by atoms with Crippen molar-refractivity contribution in [3.05, 3.63) is 23.4 Å². The second-order valence-electron chi connectivity index (χ2n) is 3.94. The zero-order valence-corrected chi connectivity index (χ0v) is 9.86. The van der Waals surface area contributed by atoms with Crippen molar-refractivity contribution in [3.63, 3.8) is 0 Å². The van der Waals surface area contributed by atoms with E-state index in [-0.39, 0.29) is 11.5 Å². The number of aromatic nitrogens is 1. The Hall–Kier alpha value is -1.19. The van der Waals surface area contributed by atoms with Gasteiger partial charge < -0.3 is 5.73 Å². The molecule has 4 heteroatoms. The average Bonchev–Trinajstić information content (AvgIpc) is 2.13. The number of hydrogen-bond acceptors (Lipinski definition) is 2. The Balaban J connectivity index is 0.000000921. The Morgan fingerprint density at radius 3 is 2.00 bits per heavy atom. The summed E-state index contributed by atoms with van der Waals surface area (Å²) in [6.45, 7) is 9.36. The van der Waals surface area contributed by atoms with E-state index in [0.717, 1.165) is 6.07 Å². The third kappa shape index (κ3) is 3.46. The van der Waals surface area contributed by atoms with Crippen molar-refractivity contribution in [2.75, 3.05) is 5.73 Å². The predicted octanol–water partition coefficient (Wildman–Crippen LogP) is 3.27. The smallest absolute Gasteiger partial charge is 0.168 e. The van der Waals surface area contributed by atoms with Gasteiger partial charge in [-0.05, 0) is 0 Å². The first-order chi connectivity index (χ1) is 6.82. The maximum absolute atomic E-state index is 13.2. The molecule has 2 nitrogen and oxygen atoms in total. The molecular formula is C11H18F2N2. The minimum Gasteiger partial charge on any atom is -0.381 e. The highest BCUT2D eigenvalue weighted by molar-refractivity contribution is 5.34. The summed E-state index contributed by atoms with van der Waals surface area (Å²) in [5.41, 5.74) is 4.95. The van der Waals surface area contributed by atoms with Crippen LogP contribution in [0.3, 0.4) is 0 Å². The Bertz CT molecular complexity index is 330. The van der Waals surface area contributed by atoms with Crippen LogP contribution in [0.15, 0.2) is 6.07 Å². The van der Waals surface area contributed by atoms with E-state index in [1.54, 1.807) is 20.8 Å². The van der Waals surface area contributed by atoms with Gasteiger partial charge in [0, 0.05) is 11.5 Å². The van der Waals surface area contributed by atoms with Crippen LogP contribution in [0.25, 0.3) is 0 Å². The van der Waals surface area contributed by atoms with Crippen molar-refractivity contribution in [2.24, 2.45) is 0 Å². The van der Waals surface area contributed by atoms with Crippen molar-refractivity contribution < 1.29 is 8.78 Å². The molecule has 0 aliphatic rings. The Morgan fingerprint density at radius 2 is 1.60 bits per heavy atom. The number of nitrogens with two attached hydrogens (primary N) is 1. The number of anilines is 1. The lowest BCUT2D eigenvalue weighted by Crippen LogP contribution is -2.17. The molecule has 86 valence electrons. The molecule has 1 aromatic heterocycles. The van der Waals surface area contributed by atoms with Crippen LogP contribution in [0.2, 0.25) is 0 Å². The highest BCUT2D eigenvalue weighted by Gasteiger charge is 2.21. The van der Waals surface area contributed by atoms with E-state index in [1.165, 1.54) is 0 Å². The van der Waals surface area contributed by atoms with Gasteiger partial charge in [0.1, 0.15) is 5.82 Å². The molecule has 0 aliphatic heterocycles. The number of halogens is 2. The second-order valence-corrected chi connectivity index (χ2v) is 3.94. The van der Waals surface area contributed by atoms with E-state index >= 15 is 0 Å². The molecule has 2 N–H and O–H groups in total. The van der Waals surface area contributed by atoms with E-state index in [0.29, 0.717) is 0 Å². The van der Waals surface area contributed by atoms with Crippen LogP contribution in [-0.2, 0) is 5.41 Å². The fourth-order valence-corrected chi connectivity index (χ4v) is 1.01. The molecule has 0 aliphatic carbocycles. The molecule has 1 heterocycles. The summed E-state index contributed by atoms with van der Waals surface area (Å²) in [6.07, 6.45) is 0. The molecule has 0 aromatic carbocycles. The Kier molecular flexibility index (Phi) is 4.65. The quantitative estimate of drug-likeness (QED) is 0.722. The van der Waals surface area contributed by atoms with Gasteiger partial charge in [0.15, 0.2) is 11.6 Å². The average molecular weight is 216 g/mol. The summed E-state index contributed by atoms with van der Waals surface area (Å²) in [7, 11) is 0. The van der Waals surface area contributed by atoms with Crippen molar-refractivity contribution in [1.29, 1.82) is 0 Å². The lowest BCUT2D eigenvalue weighted by atomic mass is 9.91. The maximum atomic E-state index is 13.2. The Labute approximate surface area is 89.5 Å². The Morgan fingerprint density at radius 1 is 1.13 bits per heavy atom. The van der Waals surface area contributed by atoms with E-state index in [1.807, 2.05) is 13.8 Å². The summed E-state index contributed by atoms with van der Waals surface area (Å²) in [6, 6.07) is 0.767. The fourth-order valence-electron chi connectivity index (χ4n) is 1.01. The zero-order valence-electron chi connectivity index (χ0n) is 9.86. The van der Waals surface area contributed by atoms with E-state index in [9.17, 15) is 8.78 Å². The monoisotopic (exact) mass is 216 g/mol. The standard InChI is InChI=1S/C9H12F2N2.C2H6/c1-9(2,3)7-5(10)4-6(11)8(12)13-7;1-2/h4H,1-3H3,(H2,12,13);1-2H3. The summed E-state index contributed by atoms with van der Waals surface area (Å²) >= 11 is 0.